The summed E-state index contributed by atoms with van der Waals surface area (Å²) in [6, 6.07) is 5.22. The molecule has 0 bridgehead atoms. The van der Waals surface area contributed by atoms with Gasteiger partial charge in [-0.25, -0.2) is 0 Å². The summed E-state index contributed by atoms with van der Waals surface area (Å²) in [5.74, 6) is 0. The van der Waals surface area contributed by atoms with Gasteiger partial charge in [-0.3, -0.25) is 4.90 Å². The van der Waals surface area contributed by atoms with Crippen LogP contribution in [0.5, 0.6) is 0 Å². The van der Waals surface area contributed by atoms with Crippen molar-refractivity contribution < 1.29 is 0 Å². The SMILES string of the molecule is CCC1CCCCN1Cc1ccc(CN)s1. The molecular weight excluding hydrogens is 216 g/mol. The minimum Gasteiger partial charge on any atom is -0.326 e. The molecule has 1 atom stereocenters. The van der Waals surface area contributed by atoms with Gasteiger partial charge >= 0.3 is 0 Å². The summed E-state index contributed by atoms with van der Waals surface area (Å²) in [4.78, 5) is 5.43. The molecule has 90 valence electrons. The van der Waals surface area contributed by atoms with Gasteiger partial charge < -0.3 is 5.73 Å². The summed E-state index contributed by atoms with van der Waals surface area (Å²) in [6.45, 7) is 5.39. The van der Waals surface area contributed by atoms with Crippen molar-refractivity contribution in [2.75, 3.05) is 6.54 Å². The molecule has 1 fully saturated rings. The summed E-state index contributed by atoms with van der Waals surface area (Å²) >= 11 is 1.87. The Hall–Kier alpha value is -0.380. The molecule has 0 aliphatic carbocycles. The molecule has 0 radical (unpaired) electrons. The highest BCUT2D eigenvalue weighted by Crippen LogP contribution is 2.24. The van der Waals surface area contributed by atoms with E-state index in [4.69, 9.17) is 5.73 Å². The van der Waals surface area contributed by atoms with Gasteiger partial charge in [0.2, 0.25) is 0 Å². The van der Waals surface area contributed by atoms with Gasteiger partial charge in [-0.05, 0) is 37.9 Å². The number of thiophene rings is 1. The Morgan fingerprint density at radius 2 is 2.19 bits per heavy atom. The van der Waals surface area contributed by atoms with E-state index in [0.29, 0.717) is 6.54 Å². The largest absolute Gasteiger partial charge is 0.326 e. The highest BCUT2D eigenvalue weighted by Gasteiger charge is 2.20. The van der Waals surface area contributed by atoms with E-state index in [1.165, 1.54) is 42.0 Å². The molecule has 1 aromatic rings. The molecule has 1 unspecified atom stereocenters. The number of nitrogens with two attached hydrogens (primary N) is 1. The average molecular weight is 238 g/mol. The Bertz CT molecular complexity index is 321. The van der Waals surface area contributed by atoms with Crippen LogP contribution < -0.4 is 5.73 Å². The highest BCUT2D eigenvalue weighted by molar-refractivity contribution is 7.11. The third-order valence-electron chi connectivity index (χ3n) is 3.50. The van der Waals surface area contributed by atoms with Gasteiger partial charge in [0, 0.05) is 28.9 Å². The van der Waals surface area contributed by atoms with Crippen molar-refractivity contribution in [2.24, 2.45) is 5.73 Å². The molecule has 1 saturated heterocycles. The molecular formula is C13H22N2S. The zero-order valence-electron chi connectivity index (χ0n) is 10.1. The number of likely N-dealkylation sites (tertiary alicyclic amines) is 1. The van der Waals surface area contributed by atoms with Crippen LogP contribution in [0.1, 0.15) is 42.4 Å². The third-order valence-corrected chi connectivity index (χ3v) is 4.59. The molecule has 0 amide bonds. The Morgan fingerprint density at radius 3 is 2.88 bits per heavy atom. The van der Waals surface area contributed by atoms with Crippen molar-refractivity contribution in [3.8, 4) is 0 Å². The van der Waals surface area contributed by atoms with E-state index in [9.17, 15) is 0 Å². The van der Waals surface area contributed by atoms with Crippen molar-refractivity contribution in [1.29, 1.82) is 0 Å². The second-order valence-corrected chi connectivity index (χ2v) is 5.85. The Balaban J connectivity index is 1.96. The lowest BCUT2D eigenvalue weighted by atomic mass is 10.00. The van der Waals surface area contributed by atoms with E-state index in [2.05, 4.69) is 24.0 Å². The Labute approximate surface area is 102 Å². The Morgan fingerprint density at radius 1 is 1.38 bits per heavy atom. The van der Waals surface area contributed by atoms with Gasteiger partial charge in [0.05, 0.1) is 0 Å². The van der Waals surface area contributed by atoms with E-state index in [1.54, 1.807) is 0 Å². The molecule has 0 saturated carbocycles. The fourth-order valence-corrected chi connectivity index (χ4v) is 3.47. The van der Waals surface area contributed by atoms with Crippen LogP contribution in [0.2, 0.25) is 0 Å². The van der Waals surface area contributed by atoms with Gasteiger partial charge in [0.1, 0.15) is 0 Å². The Kier molecular flexibility index (Phi) is 4.38. The van der Waals surface area contributed by atoms with Gasteiger partial charge in [-0.1, -0.05) is 13.3 Å². The van der Waals surface area contributed by atoms with E-state index in [-0.39, 0.29) is 0 Å². The number of nitrogens with zero attached hydrogens (tertiary/aromatic N) is 1. The number of piperidine rings is 1. The summed E-state index contributed by atoms with van der Waals surface area (Å²) in [5.41, 5.74) is 5.65. The highest BCUT2D eigenvalue weighted by atomic mass is 32.1. The molecule has 1 aliphatic rings. The van der Waals surface area contributed by atoms with Crippen molar-refractivity contribution in [3.63, 3.8) is 0 Å². The second-order valence-electron chi connectivity index (χ2n) is 4.60. The molecule has 2 rings (SSSR count). The lowest BCUT2D eigenvalue weighted by Gasteiger charge is -2.34. The number of hydrogen-bond acceptors (Lipinski definition) is 3. The van der Waals surface area contributed by atoms with Gasteiger partial charge in [0.15, 0.2) is 0 Å². The van der Waals surface area contributed by atoms with Crippen LogP contribution in [-0.4, -0.2) is 17.5 Å². The fourth-order valence-electron chi connectivity index (χ4n) is 2.55. The third kappa shape index (κ3) is 2.84. The smallest absolute Gasteiger partial charge is 0.0330 e. The predicted octanol–water partition coefficient (Wildman–Crippen LogP) is 2.97. The van der Waals surface area contributed by atoms with E-state index >= 15 is 0 Å². The molecule has 1 aromatic heterocycles. The van der Waals surface area contributed by atoms with Crippen molar-refractivity contribution >= 4 is 11.3 Å². The summed E-state index contributed by atoms with van der Waals surface area (Å²) in [7, 11) is 0. The molecule has 0 spiro atoms. The quantitative estimate of drug-likeness (QED) is 0.874. The monoisotopic (exact) mass is 238 g/mol. The van der Waals surface area contributed by atoms with Crippen LogP contribution in [-0.2, 0) is 13.1 Å². The van der Waals surface area contributed by atoms with E-state index in [0.717, 1.165) is 12.6 Å². The van der Waals surface area contributed by atoms with Crippen LogP contribution in [0.15, 0.2) is 12.1 Å². The van der Waals surface area contributed by atoms with Crippen LogP contribution in [0.4, 0.5) is 0 Å². The maximum Gasteiger partial charge on any atom is 0.0330 e. The van der Waals surface area contributed by atoms with E-state index in [1.807, 2.05) is 11.3 Å². The maximum atomic E-state index is 5.65. The topological polar surface area (TPSA) is 29.3 Å². The summed E-state index contributed by atoms with van der Waals surface area (Å²) < 4.78 is 0. The number of hydrogen-bond donors (Lipinski definition) is 1. The first-order valence-corrected chi connectivity index (χ1v) is 7.17. The molecule has 2 N–H and O–H groups in total. The summed E-state index contributed by atoms with van der Waals surface area (Å²) in [6.07, 6.45) is 5.44. The zero-order valence-corrected chi connectivity index (χ0v) is 10.9. The molecule has 0 aromatic carbocycles. The number of rotatable bonds is 4. The zero-order chi connectivity index (χ0) is 11.4. The molecule has 3 heteroatoms. The van der Waals surface area contributed by atoms with E-state index < -0.39 is 0 Å². The lowest BCUT2D eigenvalue weighted by Crippen LogP contribution is -2.38. The first-order chi connectivity index (χ1) is 7.83. The van der Waals surface area contributed by atoms with Gasteiger partial charge in [-0.2, -0.15) is 0 Å². The maximum absolute atomic E-state index is 5.65. The van der Waals surface area contributed by atoms with Crippen LogP contribution in [0.3, 0.4) is 0 Å². The molecule has 16 heavy (non-hydrogen) atoms. The van der Waals surface area contributed by atoms with Crippen LogP contribution >= 0.6 is 11.3 Å². The molecule has 2 nitrogen and oxygen atoms in total. The fraction of sp³-hybridized carbons (Fsp3) is 0.692. The molecule has 2 heterocycles. The van der Waals surface area contributed by atoms with Gasteiger partial charge in [-0.15, -0.1) is 11.3 Å². The first kappa shape index (κ1) is 12.1. The van der Waals surface area contributed by atoms with Crippen molar-refractivity contribution in [1.82, 2.24) is 4.90 Å². The lowest BCUT2D eigenvalue weighted by molar-refractivity contribution is 0.137. The first-order valence-electron chi connectivity index (χ1n) is 6.35. The van der Waals surface area contributed by atoms with Crippen molar-refractivity contribution in [2.45, 2.75) is 51.7 Å². The van der Waals surface area contributed by atoms with Gasteiger partial charge in [0.25, 0.3) is 0 Å². The van der Waals surface area contributed by atoms with Crippen LogP contribution in [0.25, 0.3) is 0 Å². The summed E-state index contributed by atoms with van der Waals surface area (Å²) in [5, 5.41) is 0. The normalized spacial score (nSPS) is 22.5. The minimum absolute atomic E-state index is 0.682. The standard InChI is InChI=1S/C13H22N2S/c1-2-11-5-3-4-8-15(11)10-13-7-6-12(9-14)16-13/h6-7,11H,2-5,8-10,14H2,1H3. The van der Waals surface area contributed by atoms with Crippen molar-refractivity contribution in [3.05, 3.63) is 21.9 Å². The predicted molar refractivity (Wildman–Crippen MR) is 70.6 cm³/mol. The van der Waals surface area contributed by atoms with Crippen LogP contribution in [0, 0.1) is 0 Å². The average Bonchev–Trinajstić information content (AvgIpc) is 2.77. The minimum atomic E-state index is 0.682. The second kappa shape index (κ2) is 5.80. The molecule has 1 aliphatic heterocycles.